The number of rotatable bonds is 10. The first-order valence-electron chi connectivity index (χ1n) is 7.08. The quantitative estimate of drug-likeness (QED) is 0.318. The van der Waals surface area contributed by atoms with Gasteiger partial charge in [-0.3, -0.25) is 0 Å². The summed E-state index contributed by atoms with van der Waals surface area (Å²) in [7, 11) is 0. The Balaban J connectivity index is 4.06. The van der Waals surface area contributed by atoms with Crippen LogP contribution >= 0.6 is 0 Å². The van der Waals surface area contributed by atoms with Crippen LogP contribution in [0.2, 0.25) is 0 Å². The second kappa shape index (κ2) is 10.4. The van der Waals surface area contributed by atoms with E-state index in [4.69, 9.17) is 0 Å². The summed E-state index contributed by atoms with van der Waals surface area (Å²) in [6, 6.07) is 0. The van der Waals surface area contributed by atoms with Crippen LogP contribution in [-0.2, 0) is 0 Å². The molecule has 0 rings (SSSR count). The Morgan fingerprint density at radius 2 is 1.82 bits per heavy atom. The Bertz CT molecular complexity index is 234. The highest BCUT2D eigenvalue weighted by Crippen LogP contribution is 2.32. The normalized spacial score (nSPS) is 15.5. The number of hydrogen-bond donors (Lipinski definition) is 0. The van der Waals surface area contributed by atoms with Gasteiger partial charge in [-0.1, -0.05) is 50.6 Å². The van der Waals surface area contributed by atoms with Crippen LogP contribution in [-0.4, -0.2) is 0 Å². The van der Waals surface area contributed by atoms with Gasteiger partial charge in [-0.25, -0.2) is 0 Å². The monoisotopic (exact) mass is 234 g/mol. The van der Waals surface area contributed by atoms with Gasteiger partial charge in [-0.15, -0.1) is 6.58 Å². The van der Waals surface area contributed by atoms with Crippen molar-refractivity contribution in [1.29, 1.82) is 0 Å². The minimum absolute atomic E-state index is 0.383. The molecular weight excluding hydrogens is 204 g/mol. The highest BCUT2D eigenvalue weighted by Gasteiger charge is 2.18. The Labute approximate surface area is 109 Å². The first kappa shape index (κ1) is 16.2. The number of allylic oxidation sites excluding steroid dienone is 5. The molecule has 0 N–H and O–H groups in total. The van der Waals surface area contributed by atoms with Crippen LogP contribution < -0.4 is 0 Å². The lowest BCUT2D eigenvalue weighted by molar-refractivity contribution is 0.348. The van der Waals surface area contributed by atoms with Gasteiger partial charge in [-0.2, -0.15) is 0 Å². The van der Waals surface area contributed by atoms with E-state index in [1.165, 1.54) is 32.1 Å². The summed E-state index contributed by atoms with van der Waals surface area (Å²) in [6.07, 6.45) is 19.9. The molecule has 0 aromatic carbocycles. The molecule has 0 saturated carbocycles. The third-order valence-corrected chi connectivity index (χ3v) is 3.26. The second-order valence-corrected chi connectivity index (χ2v) is 5.11. The molecule has 1 unspecified atom stereocenters. The largest absolute Gasteiger partial charge is 0.103 e. The predicted octanol–water partition coefficient (Wildman–Crippen LogP) is 6.06. The van der Waals surface area contributed by atoms with E-state index in [1.54, 1.807) is 0 Å². The Morgan fingerprint density at radius 1 is 1.06 bits per heavy atom. The number of unbranched alkanes of at least 4 members (excludes halogenated alkanes) is 2. The molecule has 0 heteroatoms. The Hall–Kier alpha value is -0.780. The molecule has 0 heterocycles. The molecule has 98 valence electrons. The molecule has 0 spiro atoms. The molecule has 0 radical (unpaired) electrons. The fourth-order valence-corrected chi connectivity index (χ4v) is 2.21. The van der Waals surface area contributed by atoms with Crippen LogP contribution in [0, 0.1) is 5.41 Å². The van der Waals surface area contributed by atoms with Crippen molar-refractivity contribution in [3.05, 3.63) is 37.0 Å². The van der Waals surface area contributed by atoms with Crippen LogP contribution in [0.1, 0.15) is 65.7 Å². The molecule has 0 aliphatic carbocycles. The topological polar surface area (TPSA) is 0 Å². The standard InChI is InChI=1S/C17H30/c1-5-8-10-12-15-17(4,14-7-3)16-13-11-9-6-2/h5,7,9,11,14H,1,6,8,10,12-13,15-16H2,2-4H3. The molecule has 0 aliphatic heterocycles. The van der Waals surface area contributed by atoms with Crippen molar-refractivity contribution in [2.75, 3.05) is 0 Å². The summed E-state index contributed by atoms with van der Waals surface area (Å²) >= 11 is 0. The van der Waals surface area contributed by atoms with Gasteiger partial charge in [0.1, 0.15) is 0 Å². The Morgan fingerprint density at radius 3 is 2.41 bits per heavy atom. The molecule has 0 saturated heterocycles. The van der Waals surface area contributed by atoms with Crippen LogP contribution in [0.4, 0.5) is 0 Å². The molecule has 0 nitrogen and oxygen atoms in total. The van der Waals surface area contributed by atoms with E-state index in [9.17, 15) is 0 Å². The molecule has 0 fully saturated rings. The highest BCUT2D eigenvalue weighted by molar-refractivity contribution is 4.97. The zero-order valence-corrected chi connectivity index (χ0v) is 12.0. The van der Waals surface area contributed by atoms with Crippen molar-refractivity contribution in [3.63, 3.8) is 0 Å². The van der Waals surface area contributed by atoms with Crippen molar-refractivity contribution in [2.24, 2.45) is 5.41 Å². The van der Waals surface area contributed by atoms with Gasteiger partial charge < -0.3 is 0 Å². The maximum Gasteiger partial charge on any atom is -0.0144 e. The summed E-state index contributed by atoms with van der Waals surface area (Å²) < 4.78 is 0. The lowest BCUT2D eigenvalue weighted by atomic mass is 9.80. The first-order valence-corrected chi connectivity index (χ1v) is 7.08. The maximum absolute atomic E-state index is 3.78. The number of hydrogen-bond acceptors (Lipinski definition) is 0. The SMILES string of the molecule is C=CCCCCC(C)(C=CC)CCC=CCC. The van der Waals surface area contributed by atoms with Crippen LogP contribution in [0.3, 0.4) is 0 Å². The molecular formula is C17H30. The predicted molar refractivity (Wildman–Crippen MR) is 80.3 cm³/mol. The van der Waals surface area contributed by atoms with Gasteiger partial charge >= 0.3 is 0 Å². The van der Waals surface area contributed by atoms with Gasteiger partial charge in [0.05, 0.1) is 0 Å². The zero-order valence-electron chi connectivity index (χ0n) is 12.0. The van der Waals surface area contributed by atoms with E-state index < -0.39 is 0 Å². The smallest absolute Gasteiger partial charge is 0.0144 e. The van der Waals surface area contributed by atoms with Crippen molar-refractivity contribution in [3.8, 4) is 0 Å². The van der Waals surface area contributed by atoms with Crippen LogP contribution in [0.15, 0.2) is 37.0 Å². The van der Waals surface area contributed by atoms with Crippen molar-refractivity contribution in [1.82, 2.24) is 0 Å². The molecule has 1 atom stereocenters. The van der Waals surface area contributed by atoms with E-state index >= 15 is 0 Å². The van der Waals surface area contributed by atoms with Gasteiger partial charge in [0.2, 0.25) is 0 Å². The molecule has 0 aliphatic rings. The average Bonchev–Trinajstić information content (AvgIpc) is 2.31. The zero-order chi connectivity index (χ0) is 13.0. The molecule has 17 heavy (non-hydrogen) atoms. The van der Waals surface area contributed by atoms with Gasteiger partial charge in [0.15, 0.2) is 0 Å². The third kappa shape index (κ3) is 8.97. The van der Waals surface area contributed by atoms with Gasteiger partial charge in [0.25, 0.3) is 0 Å². The highest BCUT2D eigenvalue weighted by atomic mass is 14.2. The third-order valence-electron chi connectivity index (χ3n) is 3.26. The summed E-state index contributed by atoms with van der Waals surface area (Å²) in [6.45, 7) is 10.5. The summed E-state index contributed by atoms with van der Waals surface area (Å²) in [4.78, 5) is 0. The second-order valence-electron chi connectivity index (χ2n) is 5.11. The fraction of sp³-hybridized carbons (Fsp3) is 0.647. The van der Waals surface area contributed by atoms with E-state index in [2.05, 4.69) is 51.7 Å². The van der Waals surface area contributed by atoms with Crippen molar-refractivity contribution >= 4 is 0 Å². The van der Waals surface area contributed by atoms with Crippen LogP contribution in [0.25, 0.3) is 0 Å². The van der Waals surface area contributed by atoms with E-state index in [0.29, 0.717) is 5.41 Å². The lowest BCUT2D eigenvalue weighted by Gasteiger charge is -2.25. The van der Waals surface area contributed by atoms with E-state index in [1.807, 2.05) is 6.08 Å². The minimum atomic E-state index is 0.383. The van der Waals surface area contributed by atoms with Crippen molar-refractivity contribution in [2.45, 2.75) is 65.7 Å². The first-order chi connectivity index (χ1) is 8.18. The molecule has 0 bridgehead atoms. The maximum atomic E-state index is 3.78. The Kier molecular flexibility index (Phi) is 9.90. The summed E-state index contributed by atoms with van der Waals surface area (Å²) in [5.74, 6) is 0. The van der Waals surface area contributed by atoms with Crippen molar-refractivity contribution < 1.29 is 0 Å². The van der Waals surface area contributed by atoms with Crippen LogP contribution in [0.5, 0.6) is 0 Å². The lowest BCUT2D eigenvalue weighted by Crippen LogP contribution is -2.12. The summed E-state index contributed by atoms with van der Waals surface area (Å²) in [5, 5.41) is 0. The fourth-order valence-electron chi connectivity index (χ4n) is 2.21. The van der Waals surface area contributed by atoms with E-state index in [-0.39, 0.29) is 0 Å². The minimum Gasteiger partial charge on any atom is -0.103 e. The molecule has 0 amide bonds. The van der Waals surface area contributed by atoms with E-state index in [0.717, 1.165) is 12.8 Å². The van der Waals surface area contributed by atoms with Gasteiger partial charge in [-0.05, 0) is 50.9 Å². The molecule has 0 aromatic heterocycles. The van der Waals surface area contributed by atoms with Gasteiger partial charge in [0, 0.05) is 0 Å². The summed E-state index contributed by atoms with van der Waals surface area (Å²) in [5.41, 5.74) is 0.383. The average molecular weight is 234 g/mol. The molecule has 0 aromatic rings.